The number of ether oxygens (including phenoxy) is 1. The van der Waals surface area contributed by atoms with Crippen molar-refractivity contribution in [1.29, 1.82) is 0 Å². The Hall–Kier alpha value is -2.81. The first-order valence-corrected chi connectivity index (χ1v) is 11.5. The number of aromatic nitrogens is 6. The smallest absolute Gasteiger partial charge is 0.279 e. The van der Waals surface area contributed by atoms with Crippen LogP contribution in [-0.2, 0) is 18.8 Å². The molecule has 0 amide bonds. The average molecular weight is 438 g/mol. The molecule has 3 aromatic heterocycles. The van der Waals surface area contributed by atoms with E-state index in [-0.39, 0.29) is 11.7 Å². The Kier molecular flexibility index (Phi) is 5.44. The Morgan fingerprint density at radius 2 is 1.84 bits per heavy atom. The number of anilines is 1. The van der Waals surface area contributed by atoms with Gasteiger partial charge in [-0.2, -0.15) is 5.10 Å². The Labute approximate surface area is 187 Å². The van der Waals surface area contributed by atoms with Crippen LogP contribution in [0.4, 0.5) is 5.95 Å². The van der Waals surface area contributed by atoms with E-state index in [9.17, 15) is 4.79 Å². The van der Waals surface area contributed by atoms with Crippen molar-refractivity contribution in [2.24, 2.45) is 20.0 Å². The summed E-state index contributed by atoms with van der Waals surface area (Å²) < 4.78 is 9.36. The molecule has 1 aliphatic carbocycles. The van der Waals surface area contributed by atoms with Crippen LogP contribution in [0.25, 0.3) is 11.0 Å². The highest BCUT2D eigenvalue weighted by Crippen LogP contribution is 2.37. The van der Waals surface area contributed by atoms with E-state index in [4.69, 9.17) is 19.7 Å². The molecule has 0 aromatic carbocycles. The molecule has 0 radical (unpaired) electrons. The van der Waals surface area contributed by atoms with Crippen molar-refractivity contribution in [1.82, 2.24) is 29.3 Å². The van der Waals surface area contributed by atoms with Crippen LogP contribution >= 0.6 is 0 Å². The molecule has 1 unspecified atom stereocenters. The monoisotopic (exact) mass is 437 g/mol. The summed E-state index contributed by atoms with van der Waals surface area (Å²) in [5, 5.41) is 4.28. The SMILES string of the molecule is Cc1nc2c(C3CCC(C)CC3)nc(N3CCOC(c4cnn(C)c4)C3)nc2c(=O)n1C. The number of nitrogens with zero attached hydrogens (tertiary/aromatic N) is 7. The van der Waals surface area contributed by atoms with E-state index >= 15 is 0 Å². The quantitative estimate of drug-likeness (QED) is 0.622. The van der Waals surface area contributed by atoms with Gasteiger partial charge >= 0.3 is 0 Å². The summed E-state index contributed by atoms with van der Waals surface area (Å²) in [5.74, 6) is 2.34. The maximum atomic E-state index is 13.1. The molecule has 2 fully saturated rings. The van der Waals surface area contributed by atoms with E-state index in [1.54, 1.807) is 16.3 Å². The topological polar surface area (TPSA) is 91.0 Å². The van der Waals surface area contributed by atoms with Gasteiger partial charge in [-0.05, 0) is 25.7 Å². The van der Waals surface area contributed by atoms with Gasteiger partial charge < -0.3 is 9.64 Å². The minimum Gasteiger partial charge on any atom is -0.370 e. The lowest BCUT2D eigenvalue weighted by atomic mass is 9.81. The molecule has 170 valence electrons. The van der Waals surface area contributed by atoms with E-state index < -0.39 is 0 Å². The van der Waals surface area contributed by atoms with Crippen molar-refractivity contribution in [3.63, 3.8) is 0 Å². The molecule has 1 saturated carbocycles. The summed E-state index contributed by atoms with van der Waals surface area (Å²) in [6.45, 7) is 6.05. The Balaban J connectivity index is 1.57. The van der Waals surface area contributed by atoms with Gasteiger partial charge in [-0.25, -0.2) is 15.0 Å². The summed E-state index contributed by atoms with van der Waals surface area (Å²) >= 11 is 0. The van der Waals surface area contributed by atoms with E-state index in [0.717, 1.165) is 30.0 Å². The lowest BCUT2D eigenvalue weighted by molar-refractivity contribution is 0.0392. The van der Waals surface area contributed by atoms with Crippen molar-refractivity contribution in [2.75, 3.05) is 24.6 Å². The fraction of sp³-hybridized carbons (Fsp3) is 0.609. The van der Waals surface area contributed by atoms with Crippen molar-refractivity contribution >= 4 is 17.0 Å². The standard InChI is InChI=1S/C23H31N7O2/c1-14-5-7-16(8-6-14)19-20-21(22(31)29(4)15(2)25-20)27-23(26-19)30-9-10-32-18(13-30)17-11-24-28(3)12-17/h11-12,14,16,18H,5-10,13H2,1-4H3. The first-order valence-electron chi connectivity index (χ1n) is 11.5. The van der Waals surface area contributed by atoms with E-state index in [0.29, 0.717) is 48.4 Å². The van der Waals surface area contributed by atoms with Crippen LogP contribution in [0.15, 0.2) is 17.2 Å². The lowest BCUT2D eigenvalue weighted by Gasteiger charge is -2.33. The van der Waals surface area contributed by atoms with Crippen LogP contribution in [0, 0.1) is 12.8 Å². The fourth-order valence-electron chi connectivity index (χ4n) is 4.86. The van der Waals surface area contributed by atoms with E-state index in [2.05, 4.69) is 16.9 Å². The highest BCUT2D eigenvalue weighted by atomic mass is 16.5. The minimum atomic E-state index is -0.112. The first kappa shape index (κ1) is 21.1. The summed E-state index contributed by atoms with van der Waals surface area (Å²) in [6.07, 6.45) is 8.22. The molecule has 9 heteroatoms. The van der Waals surface area contributed by atoms with Gasteiger partial charge in [-0.15, -0.1) is 0 Å². The molecule has 1 aliphatic heterocycles. The van der Waals surface area contributed by atoms with Gasteiger partial charge in [0.25, 0.3) is 5.56 Å². The van der Waals surface area contributed by atoms with Crippen LogP contribution in [0.5, 0.6) is 0 Å². The predicted molar refractivity (Wildman–Crippen MR) is 122 cm³/mol. The predicted octanol–water partition coefficient (Wildman–Crippen LogP) is 2.64. The van der Waals surface area contributed by atoms with Crippen LogP contribution in [0.2, 0.25) is 0 Å². The van der Waals surface area contributed by atoms with Gasteiger partial charge in [-0.1, -0.05) is 19.8 Å². The third-order valence-electron chi connectivity index (χ3n) is 7.01. The Morgan fingerprint density at radius 1 is 1.06 bits per heavy atom. The van der Waals surface area contributed by atoms with E-state index in [1.165, 1.54) is 12.8 Å². The zero-order chi connectivity index (χ0) is 22.4. The third kappa shape index (κ3) is 3.79. The highest BCUT2D eigenvalue weighted by molar-refractivity contribution is 5.77. The molecule has 0 bridgehead atoms. The van der Waals surface area contributed by atoms with Gasteiger partial charge in [0, 0.05) is 38.3 Å². The number of morpholine rings is 1. The van der Waals surface area contributed by atoms with Crippen molar-refractivity contribution in [3.05, 3.63) is 39.8 Å². The number of hydrogen-bond donors (Lipinski definition) is 0. The lowest BCUT2D eigenvalue weighted by Crippen LogP contribution is -2.39. The maximum absolute atomic E-state index is 13.1. The van der Waals surface area contributed by atoms with Gasteiger partial charge in [0.2, 0.25) is 5.95 Å². The average Bonchev–Trinajstić information content (AvgIpc) is 3.24. The van der Waals surface area contributed by atoms with Crippen molar-refractivity contribution in [2.45, 2.75) is 51.6 Å². The second kappa shape index (κ2) is 8.27. The minimum absolute atomic E-state index is 0.102. The maximum Gasteiger partial charge on any atom is 0.279 e. The summed E-state index contributed by atoms with van der Waals surface area (Å²) in [5.41, 5.74) is 2.94. The molecular weight excluding hydrogens is 406 g/mol. The molecule has 32 heavy (non-hydrogen) atoms. The summed E-state index contributed by atoms with van der Waals surface area (Å²) in [4.78, 5) is 29.8. The summed E-state index contributed by atoms with van der Waals surface area (Å²) in [6, 6.07) is 0. The van der Waals surface area contributed by atoms with Crippen molar-refractivity contribution < 1.29 is 4.74 Å². The van der Waals surface area contributed by atoms with Gasteiger partial charge in [-0.3, -0.25) is 14.0 Å². The molecule has 1 atom stereocenters. The van der Waals surface area contributed by atoms with E-state index in [1.807, 2.05) is 26.4 Å². The second-order valence-corrected chi connectivity index (χ2v) is 9.34. The first-order chi connectivity index (χ1) is 15.4. The van der Waals surface area contributed by atoms with Crippen LogP contribution < -0.4 is 10.5 Å². The molecule has 5 rings (SSSR count). The molecule has 9 nitrogen and oxygen atoms in total. The third-order valence-corrected chi connectivity index (χ3v) is 7.01. The molecule has 4 heterocycles. The molecule has 2 aliphatic rings. The second-order valence-electron chi connectivity index (χ2n) is 9.34. The Morgan fingerprint density at radius 3 is 2.56 bits per heavy atom. The van der Waals surface area contributed by atoms with Crippen LogP contribution in [-0.4, -0.2) is 49.0 Å². The summed E-state index contributed by atoms with van der Waals surface area (Å²) in [7, 11) is 3.65. The van der Waals surface area contributed by atoms with Gasteiger partial charge in [0.1, 0.15) is 17.4 Å². The van der Waals surface area contributed by atoms with Crippen LogP contribution in [0.3, 0.4) is 0 Å². The zero-order valence-corrected chi connectivity index (χ0v) is 19.3. The number of aryl methyl sites for hydroxylation is 2. The van der Waals surface area contributed by atoms with Gasteiger partial charge in [0.05, 0.1) is 25.0 Å². The molecular formula is C23H31N7O2. The van der Waals surface area contributed by atoms with Crippen LogP contribution in [0.1, 0.15) is 61.7 Å². The zero-order valence-electron chi connectivity index (χ0n) is 19.3. The largest absolute Gasteiger partial charge is 0.370 e. The molecule has 0 spiro atoms. The molecule has 0 N–H and O–H groups in total. The molecule has 3 aromatic rings. The normalized spacial score (nSPS) is 24.2. The van der Waals surface area contributed by atoms with Crippen molar-refractivity contribution in [3.8, 4) is 0 Å². The number of hydrogen-bond acceptors (Lipinski definition) is 7. The fourth-order valence-corrected chi connectivity index (χ4v) is 4.86. The highest BCUT2D eigenvalue weighted by Gasteiger charge is 2.29. The molecule has 1 saturated heterocycles. The number of fused-ring (bicyclic) bond motifs is 1. The Bertz CT molecular complexity index is 1190. The number of rotatable bonds is 3. The van der Waals surface area contributed by atoms with Gasteiger partial charge in [0.15, 0.2) is 5.52 Å².